The van der Waals surface area contributed by atoms with Gasteiger partial charge in [0.25, 0.3) is 0 Å². The zero-order chi connectivity index (χ0) is 28.8. The van der Waals surface area contributed by atoms with E-state index in [0.717, 1.165) is 69.9 Å². The van der Waals surface area contributed by atoms with Crippen molar-refractivity contribution in [2.45, 2.75) is 44.0 Å². The van der Waals surface area contributed by atoms with Gasteiger partial charge in [0.15, 0.2) is 0 Å². The van der Waals surface area contributed by atoms with E-state index in [9.17, 15) is 8.42 Å². The molecule has 0 bridgehead atoms. The Balaban J connectivity index is 1.35. The Labute approximate surface area is 242 Å². The average Bonchev–Trinajstić information content (AvgIpc) is 3.43. The van der Waals surface area contributed by atoms with Crippen LogP contribution in [-0.2, 0) is 27.6 Å². The summed E-state index contributed by atoms with van der Waals surface area (Å²) in [5.74, 6) is 2.34. The molecule has 220 valence electrons. The maximum Gasteiger partial charge on any atom is 0.242 e. The minimum atomic E-state index is -3.72. The van der Waals surface area contributed by atoms with Crippen LogP contribution in [0.15, 0.2) is 47.4 Å². The lowest BCUT2D eigenvalue weighted by atomic mass is 10.1. The van der Waals surface area contributed by atoms with Crippen LogP contribution in [0.5, 0.6) is 5.75 Å². The van der Waals surface area contributed by atoms with E-state index in [1.54, 1.807) is 45.2 Å². The van der Waals surface area contributed by atoms with Crippen LogP contribution in [0.25, 0.3) is 0 Å². The van der Waals surface area contributed by atoms with Crippen LogP contribution < -0.4 is 25.4 Å². The number of aryl methyl sites for hydroxylation is 1. The summed E-state index contributed by atoms with van der Waals surface area (Å²) in [5.41, 5.74) is 3.30. The second kappa shape index (κ2) is 13.0. The van der Waals surface area contributed by atoms with Crippen LogP contribution >= 0.6 is 0 Å². The molecule has 0 aliphatic carbocycles. The zero-order valence-electron chi connectivity index (χ0n) is 23.9. The standard InChI is InChI=1S/C29H39N7O4S/c1-20(2)35-41(37,38)26-9-5-4-8-24(26)31-28-22-12-13-30-27(22)33-29(34-28)32-23-11-10-21(19-25(23)39-3)7-6-14-36-15-17-40-18-16-36/h4-5,8-11,19-20,35H,6-7,12-18H2,1-3H3,(H3,30,31,32,33,34). The number of hydrogen-bond donors (Lipinski definition) is 4. The van der Waals surface area contributed by atoms with Gasteiger partial charge in [-0.25, -0.2) is 13.1 Å². The van der Waals surface area contributed by atoms with E-state index in [2.05, 4.69) is 42.7 Å². The van der Waals surface area contributed by atoms with Crippen molar-refractivity contribution >= 4 is 39.0 Å². The predicted octanol–water partition coefficient (Wildman–Crippen LogP) is 3.89. The summed E-state index contributed by atoms with van der Waals surface area (Å²) in [6.45, 7) is 8.97. The van der Waals surface area contributed by atoms with Gasteiger partial charge in [-0.15, -0.1) is 0 Å². The molecule has 4 N–H and O–H groups in total. The molecular formula is C29H39N7O4S. The monoisotopic (exact) mass is 581 g/mol. The number of sulfonamides is 1. The second-order valence-electron chi connectivity index (χ2n) is 10.5. The molecule has 2 aliphatic rings. The maximum absolute atomic E-state index is 13.0. The van der Waals surface area contributed by atoms with Crippen molar-refractivity contribution in [1.82, 2.24) is 19.6 Å². The number of fused-ring (bicyclic) bond motifs is 1. The third kappa shape index (κ3) is 7.25. The number of rotatable bonds is 12. The highest BCUT2D eigenvalue weighted by Gasteiger charge is 2.24. The van der Waals surface area contributed by atoms with Gasteiger partial charge in [-0.2, -0.15) is 9.97 Å². The lowest BCUT2D eigenvalue weighted by Crippen LogP contribution is -2.36. The van der Waals surface area contributed by atoms with Gasteiger partial charge >= 0.3 is 0 Å². The zero-order valence-corrected chi connectivity index (χ0v) is 24.7. The number of aromatic nitrogens is 2. The largest absolute Gasteiger partial charge is 0.495 e. The summed E-state index contributed by atoms with van der Waals surface area (Å²) in [6.07, 6.45) is 2.74. The molecule has 1 aromatic heterocycles. The van der Waals surface area contributed by atoms with Crippen LogP contribution in [0.1, 0.15) is 31.4 Å². The number of nitrogens with one attached hydrogen (secondary N) is 4. The molecule has 1 saturated heterocycles. The lowest BCUT2D eigenvalue weighted by molar-refractivity contribution is 0.0374. The van der Waals surface area contributed by atoms with Crippen LogP contribution in [0, 0.1) is 0 Å². The van der Waals surface area contributed by atoms with Crippen LogP contribution in [0.4, 0.5) is 29.0 Å². The van der Waals surface area contributed by atoms with E-state index in [1.807, 2.05) is 6.07 Å². The first-order valence-electron chi connectivity index (χ1n) is 14.1. The third-order valence-electron chi connectivity index (χ3n) is 7.05. The Morgan fingerprint density at radius 2 is 1.88 bits per heavy atom. The van der Waals surface area contributed by atoms with Crippen molar-refractivity contribution in [2.24, 2.45) is 0 Å². The fourth-order valence-electron chi connectivity index (χ4n) is 5.08. The van der Waals surface area contributed by atoms with Gasteiger partial charge in [-0.3, -0.25) is 4.90 Å². The Bertz CT molecular complexity index is 1460. The van der Waals surface area contributed by atoms with Gasteiger partial charge in [0.1, 0.15) is 22.3 Å². The minimum absolute atomic E-state index is 0.160. The molecular weight excluding hydrogens is 542 g/mol. The molecule has 11 nitrogen and oxygen atoms in total. The molecule has 0 radical (unpaired) electrons. The summed E-state index contributed by atoms with van der Waals surface area (Å²) >= 11 is 0. The first kappa shape index (κ1) is 29.1. The van der Waals surface area contributed by atoms with Crippen molar-refractivity contribution in [3.63, 3.8) is 0 Å². The summed E-state index contributed by atoms with van der Waals surface area (Å²) in [6, 6.07) is 12.7. The number of ether oxygens (including phenoxy) is 2. The number of anilines is 5. The topological polar surface area (TPSA) is 130 Å². The van der Waals surface area contributed by atoms with Crippen LogP contribution in [-0.4, -0.2) is 75.8 Å². The number of benzene rings is 2. The molecule has 3 aromatic rings. The summed E-state index contributed by atoms with van der Waals surface area (Å²) < 4.78 is 39.8. The van der Waals surface area contributed by atoms with Crippen LogP contribution in [0.2, 0.25) is 0 Å². The normalized spacial score (nSPS) is 15.4. The van der Waals surface area contributed by atoms with Gasteiger partial charge in [-0.1, -0.05) is 18.2 Å². The summed E-state index contributed by atoms with van der Waals surface area (Å²) in [7, 11) is -2.07. The van der Waals surface area contributed by atoms with E-state index < -0.39 is 10.0 Å². The van der Waals surface area contributed by atoms with Gasteiger partial charge < -0.3 is 25.4 Å². The van der Waals surface area contributed by atoms with Gasteiger partial charge in [0.05, 0.1) is 31.7 Å². The lowest BCUT2D eigenvalue weighted by Gasteiger charge is -2.26. The molecule has 3 heterocycles. The Morgan fingerprint density at radius 3 is 2.66 bits per heavy atom. The predicted molar refractivity (Wildman–Crippen MR) is 161 cm³/mol. The Kier molecular flexibility index (Phi) is 9.23. The minimum Gasteiger partial charge on any atom is -0.495 e. The molecule has 5 rings (SSSR count). The van der Waals surface area contributed by atoms with Gasteiger partial charge in [0.2, 0.25) is 16.0 Å². The molecule has 0 spiro atoms. The fourth-order valence-corrected chi connectivity index (χ4v) is 6.50. The Morgan fingerprint density at radius 1 is 1.07 bits per heavy atom. The maximum atomic E-state index is 13.0. The second-order valence-corrected chi connectivity index (χ2v) is 12.2. The van der Waals surface area contributed by atoms with Crippen molar-refractivity contribution < 1.29 is 17.9 Å². The molecule has 0 atom stereocenters. The highest BCUT2D eigenvalue weighted by Crippen LogP contribution is 2.34. The van der Waals surface area contributed by atoms with Crippen molar-refractivity contribution in [3.05, 3.63) is 53.6 Å². The molecule has 2 aliphatic heterocycles. The highest BCUT2D eigenvalue weighted by atomic mass is 32.2. The number of nitrogens with zero attached hydrogens (tertiary/aromatic N) is 3. The molecule has 12 heteroatoms. The van der Waals surface area contributed by atoms with Gasteiger partial charge in [-0.05, 0) is 69.5 Å². The number of hydrogen-bond acceptors (Lipinski definition) is 10. The average molecular weight is 582 g/mol. The highest BCUT2D eigenvalue weighted by molar-refractivity contribution is 7.89. The molecule has 0 saturated carbocycles. The van der Waals surface area contributed by atoms with E-state index >= 15 is 0 Å². The fraction of sp³-hybridized carbons (Fsp3) is 0.448. The summed E-state index contributed by atoms with van der Waals surface area (Å²) in [5, 5.41) is 9.88. The summed E-state index contributed by atoms with van der Waals surface area (Å²) in [4.78, 5) is 12.0. The SMILES string of the molecule is COc1cc(CCCN2CCOCC2)ccc1Nc1nc2c(c(Nc3ccccc3S(=O)(=O)NC(C)C)n1)CCN2. The number of para-hydroxylation sites is 1. The molecule has 0 unspecified atom stereocenters. The smallest absolute Gasteiger partial charge is 0.242 e. The van der Waals surface area contributed by atoms with Crippen molar-refractivity contribution in [1.29, 1.82) is 0 Å². The van der Waals surface area contributed by atoms with Crippen molar-refractivity contribution in [2.75, 3.05) is 62.5 Å². The third-order valence-corrected chi connectivity index (χ3v) is 8.77. The van der Waals surface area contributed by atoms with Gasteiger partial charge in [0, 0.05) is 31.2 Å². The van der Waals surface area contributed by atoms with Crippen molar-refractivity contribution in [3.8, 4) is 5.75 Å². The number of morpholine rings is 1. The van der Waals surface area contributed by atoms with Crippen LogP contribution in [0.3, 0.4) is 0 Å². The molecule has 1 fully saturated rings. The molecule has 0 amide bonds. The quantitative estimate of drug-likeness (QED) is 0.250. The van der Waals surface area contributed by atoms with E-state index in [-0.39, 0.29) is 10.9 Å². The molecule has 2 aromatic carbocycles. The number of methoxy groups -OCH3 is 1. The molecule has 41 heavy (non-hydrogen) atoms. The van der Waals surface area contributed by atoms with E-state index in [0.29, 0.717) is 29.0 Å². The first-order chi connectivity index (χ1) is 19.8. The van der Waals surface area contributed by atoms with E-state index in [4.69, 9.17) is 14.5 Å². The Hall–Kier alpha value is -3.45. The first-order valence-corrected chi connectivity index (χ1v) is 15.6. The van der Waals surface area contributed by atoms with E-state index in [1.165, 1.54) is 5.56 Å².